The first-order valence-corrected chi connectivity index (χ1v) is 5.53. The minimum absolute atomic E-state index is 0.0549. The number of carboxylic acid groups (broad SMARTS) is 1. The van der Waals surface area contributed by atoms with Gasteiger partial charge in [-0.05, 0) is 19.9 Å². The summed E-state index contributed by atoms with van der Waals surface area (Å²) in [6.45, 7) is 4.68. The third-order valence-electron chi connectivity index (χ3n) is 1.77. The number of aryl methyl sites for hydroxylation is 3. The van der Waals surface area contributed by atoms with E-state index in [9.17, 15) is 9.90 Å². The summed E-state index contributed by atoms with van der Waals surface area (Å²) in [4.78, 5) is 10.1. The molecule has 0 saturated heterocycles. The van der Waals surface area contributed by atoms with Crippen molar-refractivity contribution in [3.63, 3.8) is 0 Å². The van der Waals surface area contributed by atoms with Gasteiger partial charge in [-0.3, -0.25) is 4.68 Å². The van der Waals surface area contributed by atoms with Crippen LogP contribution in [0, 0.1) is 13.8 Å². The van der Waals surface area contributed by atoms with Gasteiger partial charge in [-0.25, -0.2) is 0 Å². The number of carbonyl (C=O) groups is 1. The molecule has 0 aliphatic heterocycles. The lowest BCUT2D eigenvalue weighted by Crippen LogP contribution is -2.24. The van der Waals surface area contributed by atoms with Gasteiger partial charge in [0.1, 0.15) is 0 Å². The highest BCUT2D eigenvalue weighted by atomic mass is 32.2. The van der Waals surface area contributed by atoms with Gasteiger partial charge in [0.05, 0.1) is 18.2 Å². The molecule has 0 saturated carbocycles. The Morgan fingerprint density at radius 2 is 2.36 bits per heavy atom. The second-order valence-corrected chi connectivity index (χ2v) is 4.18. The van der Waals surface area contributed by atoms with Gasteiger partial charge in [0.15, 0.2) is 0 Å². The Morgan fingerprint density at radius 1 is 1.64 bits per heavy atom. The van der Waals surface area contributed by atoms with Gasteiger partial charge in [-0.2, -0.15) is 16.9 Å². The van der Waals surface area contributed by atoms with Gasteiger partial charge in [-0.15, -0.1) is 0 Å². The van der Waals surface area contributed by atoms with Crippen molar-refractivity contribution in [2.75, 3.05) is 11.5 Å². The first-order chi connectivity index (χ1) is 6.59. The summed E-state index contributed by atoms with van der Waals surface area (Å²) in [5, 5.41) is 14.4. The fourth-order valence-electron chi connectivity index (χ4n) is 1.21. The molecule has 1 aromatic heterocycles. The number of thioether (sulfide) groups is 1. The van der Waals surface area contributed by atoms with E-state index < -0.39 is 5.97 Å². The lowest BCUT2D eigenvalue weighted by Gasteiger charge is -2.04. The standard InChI is InChI=1S/C9H14N2O2S/c1-7-5-8(2)11(10-7)3-4-14-6-9(12)13/h5H,3-4,6H2,1-2H3,(H,12,13)/p-1. The van der Waals surface area contributed by atoms with E-state index >= 15 is 0 Å². The number of carbonyl (C=O) groups excluding carboxylic acids is 1. The average molecular weight is 213 g/mol. The fourth-order valence-corrected chi connectivity index (χ4v) is 1.82. The Hall–Kier alpha value is -0.970. The lowest BCUT2D eigenvalue weighted by atomic mass is 10.4. The predicted molar refractivity (Wildman–Crippen MR) is 54.0 cm³/mol. The Labute approximate surface area is 87.3 Å². The minimum atomic E-state index is -1.01. The Kier molecular flexibility index (Phi) is 4.00. The molecule has 0 fully saturated rings. The van der Waals surface area contributed by atoms with Crippen molar-refractivity contribution in [1.29, 1.82) is 0 Å². The highest BCUT2D eigenvalue weighted by Crippen LogP contribution is 2.05. The van der Waals surface area contributed by atoms with E-state index in [1.54, 1.807) is 0 Å². The molecule has 5 heteroatoms. The van der Waals surface area contributed by atoms with Gasteiger partial charge in [-0.1, -0.05) is 0 Å². The maximum absolute atomic E-state index is 10.1. The van der Waals surface area contributed by atoms with Crippen molar-refractivity contribution < 1.29 is 9.90 Å². The Morgan fingerprint density at radius 3 is 2.86 bits per heavy atom. The van der Waals surface area contributed by atoms with Gasteiger partial charge in [0.2, 0.25) is 0 Å². The summed E-state index contributed by atoms with van der Waals surface area (Å²) in [6.07, 6.45) is 0. The third-order valence-corrected chi connectivity index (χ3v) is 2.68. The van der Waals surface area contributed by atoms with Crippen molar-refractivity contribution >= 4 is 17.7 Å². The number of nitrogens with zero attached hydrogens (tertiary/aromatic N) is 2. The average Bonchev–Trinajstić information content (AvgIpc) is 2.39. The van der Waals surface area contributed by atoms with Crippen LogP contribution < -0.4 is 5.11 Å². The van der Waals surface area contributed by atoms with Crippen LogP contribution in [0.25, 0.3) is 0 Å². The molecule has 1 aromatic rings. The van der Waals surface area contributed by atoms with Crippen LogP contribution in [-0.2, 0) is 11.3 Å². The first-order valence-electron chi connectivity index (χ1n) is 4.38. The maximum Gasteiger partial charge on any atom is 0.0596 e. The Balaban J connectivity index is 2.31. The molecular formula is C9H13N2O2S-. The fraction of sp³-hybridized carbons (Fsp3) is 0.556. The zero-order chi connectivity index (χ0) is 10.6. The number of carboxylic acids is 1. The highest BCUT2D eigenvalue weighted by Gasteiger charge is 1.99. The van der Waals surface area contributed by atoms with Crippen molar-refractivity contribution in [3.05, 3.63) is 17.5 Å². The molecule has 4 nitrogen and oxygen atoms in total. The van der Waals surface area contributed by atoms with Gasteiger partial charge in [0.25, 0.3) is 0 Å². The molecule has 0 aromatic carbocycles. The van der Waals surface area contributed by atoms with Crippen molar-refractivity contribution in [3.8, 4) is 0 Å². The third kappa shape index (κ3) is 3.41. The van der Waals surface area contributed by atoms with Crippen LogP contribution in [0.3, 0.4) is 0 Å². The highest BCUT2D eigenvalue weighted by molar-refractivity contribution is 7.99. The number of aromatic nitrogens is 2. The summed E-state index contributed by atoms with van der Waals surface area (Å²) in [5.74, 6) is -0.210. The molecule has 0 atom stereocenters. The summed E-state index contributed by atoms with van der Waals surface area (Å²) in [6, 6.07) is 2.00. The molecule has 1 rings (SSSR count). The van der Waals surface area contributed by atoms with Gasteiger partial charge in [0, 0.05) is 17.2 Å². The molecule has 1 heterocycles. The van der Waals surface area contributed by atoms with Crippen LogP contribution in [-0.4, -0.2) is 27.3 Å². The van der Waals surface area contributed by atoms with E-state index in [1.807, 2.05) is 24.6 Å². The Bertz CT molecular complexity index is 323. The number of hydrogen-bond donors (Lipinski definition) is 0. The van der Waals surface area contributed by atoms with Crippen LogP contribution >= 0.6 is 11.8 Å². The quantitative estimate of drug-likeness (QED) is 0.645. The molecule has 0 spiro atoms. The van der Waals surface area contributed by atoms with E-state index in [0.29, 0.717) is 0 Å². The zero-order valence-electron chi connectivity index (χ0n) is 8.32. The summed E-state index contributed by atoms with van der Waals surface area (Å²) >= 11 is 1.35. The van der Waals surface area contributed by atoms with Crippen molar-refractivity contribution in [1.82, 2.24) is 9.78 Å². The molecule has 0 aliphatic carbocycles. The van der Waals surface area contributed by atoms with Crippen molar-refractivity contribution in [2.45, 2.75) is 20.4 Å². The smallest absolute Gasteiger partial charge is 0.0596 e. The second kappa shape index (κ2) is 5.05. The zero-order valence-corrected chi connectivity index (χ0v) is 9.13. The second-order valence-electron chi connectivity index (χ2n) is 3.07. The first kappa shape index (κ1) is 11.1. The minimum Gasteiger partial charge on any atom is -0.549 e. The van der Waals surface area contributed by atoms with Gasteiger partial charge >= 0.3 is 0 Å². The van der Waals surface area contributed by atoms with Crippen LogP contribution in [0.15, 0.2) is 6.07 Å². The molecule has 78 valence electrons. The van der Waals surface area contributed by atoms with E-state index in [0.717, 1.165) is 23.7 Å². The lowest BCUT2D eigenvalue weighted by molar-refractivity contribution is -0.301. The molecule has 0 amide bonds. The van der Waals surface area contributed by atoms with Crippen LogP contribution in [0.1, 0.15) is 11.4 Å². The number of aliphatic carboxylic acids is 1. The molecule has 0 radical (unpaired) electrons. The summed E-state index contributed by atoms with van der Waals surface area (Å²) in [5.41, 5.74) is 2.10. The largest absolute Gasteiger partial charge is 0.549 e. The number of hydrogen-bond acceptors (Lipinski definition) is 4. The van der Waals surface area contributed by atoms with Crippen LogP contribution in [0.5, 0.6) is 0 Å². The SMILES string of the molecule is Cc1cc(C)n(CCSCC(=O)[O-])n1. The van der Waals surface area contributed by atoms with E-state index in [-0.39, 0.29) is 5.75 Å². The number of rotatable bonds is 5. The van der Waals surface area contributed by atoms with E-state index in [4.69, 9.17) is 0 Å². The molecule has 0 bridgehead atoms. The molecule has 0 N–H and O–H groups in total. The predicted octanol–water partition coefficient (Wildman–Crippen LogP) is -0.0170. The maximum atomic E-state index is 10.1. The summed E-state index contributed by atoms with van der Waals surface area (Å²) in [7, 11) is 0. The monoisotopic (exact) mass is 213 g/mol. The van der Waals surface area contributed by atoms with E-state index in [1.165, 1.54) is 11.8 Å². The molecule has 0 aliphatic rings. The van der Waals surface area contributed by atoms with Crippen LogP contribution in [0.4, 0.5) is 0 Å². The normalized spacial score (nSPS) is 10.4. The molecule has 0 unspecified atom stereocenters. The van der Waals surface area contributed by atoms with Crippen molar-refractivity contribution in [2.24, 2.45) is 0 Å². The summed E-state index contributed by atoms with van der Waals surface area (Å²) < 4.78 is 1.89. The topological polar surface area (TPSA) is 58.0 Å². The van der Waals surface area contributed by atoms with Crippen LogP contribution in [0.2, 0.25) is 0 Å². The molecular weight excluding hydrogens is 200 g/mol. The molecule has 14 heavy (non-hydrogen) atoms. The van der Waals surface area contributed by atoms with Gasteiger partial charge < -0.3 is 9.90 Å². The van der Waals surface area contributed by atoms with E-state index in [2.05, 4.69) is 5.10 Å².